The van der Waals surface area contributed by atoms with Gasteiger partial charge in [0.2, 0.25) is 0 Å². The Morgan fingerprint density at radius 2 is 0.639 bits per heavy atom. The molecule has 0 aliphatic rings. The molecule has 61 heavy (non-hydrogen) atoms. The zero-order chi connectivity index (χ0) is 40.5. The molecule has 286 valence electrons. The van der Waals surface area contributed by atoms with Crippen molar-refractivity contribution in [3.8, 4) is 55.6 Å². The Balaban J connectivity index is 0.982. The second-order valence-corrected chi connectivity index (χ2v) is 15.7. The molecule has 1 nitrogen and oxygen atoms in total. The molecule has 11 aromatic carbocycles. The van der Waals surface area contributed by atoms with E-state index in [0.29, 0.717) is 0 Å². The number of anilines is 3. The average Bonchev–Trinajstić information content (AvgIpc) is 3.35. The third kappa shape index (κ3) is 6.93. The molecular formula is C60H41N. The second-order valence-electron chi connectivity index (χ2n) is 15.7. The van der Waals surface area contributed by atoms with E-state index in [1.54, 1.807) is 0 Å². The number of hydrogen-bond donors (Lipinski definition) is 0. The van der Waals surface area contributed by atoms with Crippen molar-refractivity contribution in [3.63, 3.8) is 0 Å². The highest BCUT2D eigenvalue weighted by Gasteiger charge is 2.16. The first-order valence-electron chi connectivity index (χ1n) is 21.0. The summed E-state index contributed by atoms with van der Waals surface area (Å²) in [6, 6.07) is 90.4. The van der Waals surface area contributed by atoms with E-state index in [2.05, 4.69) is 254 Å². The molecule has 0 radical (unpaired) electrons. The maximum atomic E-state index is 2.36. The predicted molar refractivity (Wildman–Crippen MR) is 261 cm³/mol. The van der Waals surface area contributed by atoms with Crippen LogP contribution in [0.4, 0.5) is 17.1 Å². The highest BCUT2D eigenvalue weighted by molar-refractivity contribution is 6.13. The molecule has 1 heteroatoms. The maximum Gasteiger partial charge on any atom is 0.0462 e. The van der Waals surface area contributed by atoms with Gasteiger partial charge in [-0.05, 0) is 143 Å². The van der Waals surface area contributed by atoms with Crippen molar-refractivity contribution in [2.45, 2.75) is 0 Å². The highest BCUT2D eigenvalue weighted by Crippen LogP contribution is 2.41. The molecule has 0 heterocycles. The van der Waals surface area contributed by atoms with E-state index >= 15 is 0 Å². The molecule has 0 aromatic heterocycles. The lowest BCUT2D eigenvalue weighted by molar-refractivity contribution is 1.28. The Bertz CT molecular complexity index is 3310. The fourth-order valence-corrected chi connectivity index (χ4v) is 8.96. The minimum atomic E-state index is 1.09. The molecule has 0 unspecified atom stereocenters. The molecule has 0 aliphatic carbocycles. The van der Waals surface area contributed by atoms with Crippen LogP contribution in [0.25, 0.3) is 88.0 Å². The van der Waals surface area contributed by atoms with Gasteiger partial charge in [0, 0.05) is 17.1 Å². The van der Waals surface area contributed by atoms with Crippen LogP contribution < -0.4 is 4.90 Å². The van der Waals surface area contributed by atoms with Gasteiger partial charge in [0.15, 0.2) is 0 Å². The van der Waals surface area contributed by atoms with Crippen LogP contribution in [0.2, 0.25) is 0 Å². The molecule has 0 spiro atoms. The van der Waals surface area contributed by atoms with Gasteiger partial charge in [-0.25, -0.2) is 0 Å². The van der Waals surface area contributed by atoms with E-state index in [4.69, 9.17) is 0 Å². The van der Waals surface area contributed by atoms with Crippen molar-refractivity contribution < 1.29 is 0 Å². The van der Waals surface area contributed by atoms with Gasteiger partial charge in [-0.1, -0.05) is 194 Å². The first-order valence-corrected chi connectivity index (χ1v) is 21.0. The Morgan fingerprint density at radius 3 is 1.30 bits per heavy atom. The largest absolute Gasteiger partial charge is 0.311 e. The van der Waals surface area contributed by atoms with Gasteiger partial charge < -0.3 is 4.90 Å². The van der Waals surface area contributed by atoms with Crippen LogP contribution in [0.3, 0.4) is 0 Å². The summed E-state index contributed by atoms with van der Waals surface area (Å²) in [6.45, 7) is 0. The molecular weight excluding hydrogens is 735 g/mol. The number of fused-ring (bicyclic) bond motifs is 4. The summed E-state index contributed by atoms with van der Waals surface area (Å²) < 4.78 is 0. The lowest BCUT2D eigenvalue weighted by Crippen LogP contribution is -2.09. The first kappa shape index (κ1) is 36.1. The summed E-state index contributed by atoms with van der Waals surface area (Å²) in [4.78, 5) is 2.36. The molecule has 0 saturated carbocycles. The van der Waals surface area contributed by atoms with Gasteiger partial charge in [-0.2, -0.15) is 0 Å². The van der Waals surface area contributed by atoms with Crippen LogP contribution in [0.1, 0.15) is 0 Å². The lowest BCUT2D eigenvalue weighted by atomic mass is 9.90. The summed E-state index contributed by atoms with van der Waals surface area (Å²) in [5.74, 6) is 0. The summed E-state index contributed by atoms with van der Waals surface area (Å²) in [5.41, 5.74) is 15.3. The van der Waals surface area contributed by atoms with Crippen molar-refractivity contribution in [2.75, 3.05) is 4.90 Å². The van der Waals surface area contributed by atoms with Gasteiger partial charge in [0.1, 0.15) is 0 Å². The topological polar surface area (TPSA) is 3.24 Å². The molecule has 11 aromatic rings. The monoisotopic (exact) mass is 775 g/mol. The molecule has 0 bridgehead atoms. The zero-order valence-corrected chi connectivity index (χ0v) is 33.6. The molecule has 0 saturated heterocycles. The summed E-state index contributed by atoms with van der Waals surface area (Å²) in [5, 5.41) is 7.57. The van der Waals surface area contributed by atoms with Crippen molar-refractivity contribution in [1.29, 1.82) is 0 Å². The quantitative estimate of drug-likeness (QED) is 0.139. The number of benzene rings is 11. The van der Waals surface area contributed by atoms with E-state index in [9.17, 15) is 0 Å². The van der Waals surface area contributed by atoms with Crippen LogP contribution in [0, 0.1) is 0 Å². The SMILES string of the molecule is c1ccc(-c2ccc(N(c3ccc(-c4ccc(-c5ccc6ccccc6c5)c(-c5ccccc5)c4)cc3)c3ccc(-c4cc5ccccc5c5ccccc45)cc3)cc2)cc1. The van der Waals surface area contributed by atoms with Crippen LogP contribution in [0.15, 0.2) is 249 Å². The van der Waals surface area contributed by atoms with Crippen molar-refractivity contribution >= 4 is 49.4 Å². The summed E-state index contributed by atoms with van der Waals surface area (Å²) >= 11 is 0. The Kier molecular flexibility index (Phi) is 9.26. The fraction of sp³-hybridized carbons (Fsp3) is 0. The first-order chi connectivity index (χ1) is 30.2. The minimum absolute atomic E-state index is 1.09. The van der Waals surface area contributed by atoms with Gasteiger partial charge in [-0.3, -0.25) is 0 Å². The number of rotatable bonds is 8. The van der Waals surface area contributed by atoms with Crippen LogP contribution in [-0.4, -0.2) is 0 Å². The molecule has 0 amide bonds. The van der Waals surface area contributed by atoms with Crippen molar-refractivity contribution in [1.82, 2.24) is 0 Å². The van der Waals surface area contributed by atoms with Crippen LogP contribution >= 0.6 is 0 Å². The Morgan fingerprint density at radius 1 is 0.197 bits per heavy atom. The van der Waals surface area contributed by atoms with Crippen molar-refractivity contribution in [3.05, 3.63) is 249 Å². The highest BCUT2D eigenvalue weighted by atomic mass is 15.1. The molecule has 0 aliphatic heterocycles. The lowest BCUT2D eigenvalue weighted by Gasteiger charge is -2.26. The van der Waals surface area contributed by atoms with Gasteiger partial charge >= 0.3 is 0 Å². The summed E-state index contributed by atoms with van der Waals surface area (Å²) in [6.07, 6.45) is 0. The van der Waals surface area contributed by atoms with Crippen molar-refractivity contribution in [2.24, 2.45) is 0 Å². The van der Waals surface area contributed by atoms with E-state index < -0.39 is 0 Å². The number of nitrogens with zero attached hydrogens (tertiary/aromatic N) is 1. The predicted octanol–water partition coefficient (Wildman–Crippen LogP) is 17.0. The fourth-order valence-electron chi connectivity index (χ4n) is 8.96. The standard InChI is InChI=1S/C60H41N/c1-3-13-42(14-4-1)44-25-32-52(33-26-44)61(54-36-29-47(30-37-54)60-41-50-19-9-10-20-55(50)57-21-11-12-22-58(57)60)53-34-27-45(28-35-53)49-31-38-56(59(40-49)46-16-5-2-6-17-46)51-24-23-43-15-7-8-18-48(43)39-51/h1-41H. The second kappa shape index (κ2) is 15.6. The molecule has 0 N–H and O–H groups in total. The summed E-state index contributed by atoms with van der Waals surface area (Å²) in [7, 11) is 0. The van der Waals surface area contributed by atoms with E-state index in [-0.39, 0.29) is 0 Å². The van der Waals surface area contributed by atoms with Crippen LogP contribution in [-0.2, 0) is 0 Å². The van der Waals surface area contributed by atoms with E-state index in [1.807, 2.05) is 0 Å². The normalized spacial score (nSPS) is 11.3. The average molecular weight is 776 g/mol. The Hall–Kier alpha value is -8.00. The number of hydrogen-bond acceptors (Lipinski definition) is 1. The molecule has 11 rings (SSSR count). The van der Waals surface area contributed by atoms with Crippen LogP contribution in [0.5, 0.6) is 0 Å². The molecule has 0 atom stereocenters. The third-order valence-corrected chi connectivity index (χ3v) is 12.1. The van der Waals surface area contributed by atoms with E-state index in [1.165, 1.54) is 88.0 Å². The zero-order valence-electron chi connectivity index (χ0n) is 33.6. The van der Waals surface area contributed by atoms with E-state index in [0.717, 1.165) is 17.1 Å². The Labute approximate surface area is 357 Å². The molecule has 0 fully saturated rings. The smallest absolute Gasteiger partial charge is 0.0462 e. The van der Waals surface area contributed by atoms with Gasteiger partial charge in [-0.15, -0.1) is 0 Å². The third-order valence-electron chi connectivity index (χ3n) is 12.1. The minimum Gasteiger partial charge on any atom is -0.311 e. The van der Waals surface area contributed by atoms with Gasteiger partial charge in [0.25, 0.3) is 0 Å². The van der Waals surface area contributed by atoms with Gasteiger partial charge in [0.05, 0.1) is 0 Å². The maximum absolute atomic E-state index is 2.36.